The standard InChI is InChI=1S/C15H18O6/c1-20-12-7-11(17)10-5-3-4-9(6-13(18)21-2)15(10,8-16)14(12)19/h3-4,7,9-10,16H,5-6,8H2,1-2H3/t9-,10+,15+/m1/s1. The van der Waals surface area contributed by atoms with Crippen LogP contribution in [0.1, 0.15) is 12.8 Å². The molecule has 2 rings (SSSR count). The number of fused-ring (bicyclic) bond motifs is 1. The molecule has 0 bridgehead atoms. The molecular formula is C15H18O6. The number of carbonyl (C=O) groups is 3. The van der Waals surface area contributed by atoms with Crippen LogP contribution < -0.4 is 0 Å². The van der Waals surface area contributed by atoms with Crippen LogP contribution in [0.2, 0.25) is 0 Å². The first-order valence-electron chi connectivity index (χ1n) is 6.70. The molecule has 0 amide bonds. The number of rotatable bonds is 4. The van der Waals surface area contributed by atoms with Crippen molar-refractivity contribution in [3.8, 4) is 0 Å². The predicted molar refractivity (Wildman–Crippen MR) is 72.0 cm³/mol. The fourth-order valence-electron chi connectivity index (χ4n) is 3.20. The molecule has 2 aliphatic rings. The van der Waals surface area contributed by atoms with Gasteiger partial charge in [0.1, 0.15) is 0 Å². The van der Waals surface area contributed by atoms with E-state index in [0.717, 1.165) is 0 Å². The van der Waals surface area contributed by atoms with Crippen molar-refractivity contribution < 1.29 is 29.0 Å². The van der Waals surface area contributed by atoms with Crippen LogP contribution in [0.3, 0.4) is 0 Å². The summed E-state index contributed by atoms with van der Waals surface area (Å²) in [7, 11) is 2.56. The van der Waals surface area contributed by atoms with Crippen molar-refractivity contribution >= 4 is 17.5 Å². The molecule has 0 aliphatic heterocycles. The number of allylic oxidation sites excluding steroid dienone is 4. The van der Waals surface area contributed by atoms with E-state index in [1.54, 1.807) is 12.2 Å². The molecule has 0 unspecified atom stereocenters. The number of carbonyl (C=O) groups excluding carboxylic acids is 3. The van der Waals surface area contributed by atoms with Crippen molar-refractivity contribution in [2.24, 2.45) is 17.3 Å². The van der Waals surface area contributed by atoms with Gasteiger partial charge in [-0.2, -0.15) is 0 Å². The molecule has 21 heavy (non-hydrogen) atoms. The Morgan fingerprint density at radius 2 is 2.14 bits per heavy atom. The fraction of sp³-hybridized carbons (Fsp3) is 0.533. The highest BCUT2D eigenvalue weighted by Crippen LogP contribution is 2.49. The minimum atomic E-state index is -1.35. The summed E-state index contributed by atoms with van der Waals surface area (Å²) in [6.07, 6.45) is 4.93. The molecule has 2 aliphatic carbocycles. The van der Waals surface area contributed by atoms with E-state index in [0.29, 0.717) is 6.42 Å². The first-order chi connectivity index (χ1) is 10.0. The Labute approximate surface area is 122 Å². The third-order valence-electron chi connectivity index (χ3n) is 4.38. The number of hydrogen-bond donors (Lipinski definition) is 1. The van der Waals surface area contributed by atoms with E-state index in [1.165, 1.54) is 20.3 Å². The molecule has 0 fully saturated rings. The molecule has 0 aromatic carbocycles. The summed E-state index contributed by atoms with van der Waals surface area (Å²) in [5.74, 6) is -2.53. The summed E-state index contributed by atoms with van der Waals surface area (Å²) in [6.45, 7) is -0.519. The van der Waals surface area contributed by atoms with Gasteiger partial charge in [0.15, 0.2) is 11.5 Å². The lowest BCUT2D eigenvalue weighted by Gasteiger charge is -2.45. The maximum absolute atomic E-state index is 12.7. The summed E-state index contributed by atoms with van der Waals surface area (Å²) in [6, 6.07) is 0. The lowest BCUT2D eigenvalue weighted by Crippen LogP contribution is -2.54. The van der Waals surface area contributed by atoms with Crippen molar-refractivity contribution in [3.63, 3.8) is 0 Å². The number of aliphatic hydroxyl groups is 1. The summed E-state index contributed by atoms with van der Waals surface area (Å²) in [5, 5.41) is 9.89. The zero-order chi connectivity index (χ0) is 15.6. The van der Waals surface area contributed by atoms with Crippen molar-refractivity contribution in [2.75, 3.05) is 20.8 Å². The summed E-state index contributed by atoms with van der Waals surface area (Å²) in [4.78, 5) is 36.5. The molecule has 1 N–H and O–H groups in total. The first-order valence-corrected chi connectivity index (χ1v) is 6.70. The average Bonchev–Trinajstić information content (AvgIpc) is 2.50. The number of ether oxygens (including phenoxy) is 2. The molecule has 6 heteroatoms. The van der Waals surface area contributed by atoms with Crippen molar-refractivity contribution in [1.29, 1.82) is 0 Å². The van der Waals surface area contributed by atoms with E-state index in [2.05, 4.69) is 4.74 Å². The SMILES string of the molecule is COC(=O)C[C@H]1C=CC[C@H]2C(=O)C=C(OC)C(=O)[C@@]12CO. The third-order valence-corrected chi connectivity index (χ3v) is 4.38. The minimum Gasteiger partial charge on any atom is -0.493 e. The van der Waals surface area contributed by atoms with Crippen LogP contribution in [0.25, 0.3) is 0 Å². The molecule has 0 heterocycles. The minimum absolute atomic E-state index is 0.0694. The van der Waals surface area contributed by atoms with Gasteiger partial charge in [-0.05, 0) is 6.42 Å². The normalized spacial score (nSPS) is 31.5. The lowest BCUT2D eigenvalue weighted by molar-refractivity contribution is -0.152. The van der Waals surface area contributed by atoms with Crippen LogP contribution >= 0.6 is 0 Å². The van der Waals surface area contributed by atoms with Gasteiger partial charge >= 0.3 is 5.97 Å². The number of aliphatic hydroxyl groups excluding tert-OH is 1. The van der Waals surface area contributed by atoms with Gasteiger partial charge in [0, 0.05) is 17.9 Å². The smallest absolute Gasteiger partial charge is 0.306 e. The molecule has 0 saturated carbocycles. The number of Topliss-reactive ketones (excluding diaryl/α,β-unsaturated/α-hetero) is 1. The van der Waals surface area contributed by atoms with E-state index in [4.69, 9.17) is 4.74 Å². The van der Waals surface area contributed by atoms with E-state index in [1.807, 2.05) is 0 Å². The molecule has 3 atom stereocenters. The van der Waals surface area contributed by atoms with Crippen LogP contribution in [-0.4, -0.2) is 43.5 Å². The number of ketones is 2. The summed E-state index contributed by atoms with van der Waals surface area (Å²) < 4.78 is 9.61. The highest BCUT2D eigenvalue weighted by atomic mass is 16.5. The van der Waals surface area contributed by atoms with Crippen LogP contribution in [0, 0.1) is 17.3 Å². The quantitative estimate of drug-likeness (QED) is 0.596. The fourth-order valence-corrected chi connectivity index (χ4v) is 3.20. The van der Waals surface area contributed by atoms with Crippen molar-refractivity contribution in [1.82, 2.24) is 0 Å². The molecule has 0 radical (unpaired) electrons. The van der Waals surface area contributed by atoms with Gasteiger partial charge in [-0.15, -0.1) is 0 Å². The largest absolute Gasteiger partial charge is 0.493 e. The zero-order valence-corrected chi connectivity index (χ0v) is 12.0. The predicted octanol–water partition coefficient (Wildman–Crippen LogP) is 0.403. The van der Waals surface area contributed by atoms with E-state index >= 15 is 0 Å². The molecule has 0 spiro atoms. The Bertz CT molecular complexity index is 532. The molecule has 114 valence electrons. The molecule has 0 aromatic heterocycles. The van der Waals surface area contributed by atoms with E-state index in [9.17, 15) is 19.5 Å². The summed E-state index contributed by atoms with van der Waals surface area (Å²) in [5.41, 5.74) is -1.35. The van der Waals surface area contributed by atoms with Gasteiger partial charge < -0.3 is 14.6 Å². The maximum atomic E-state index is 12.7. The van der Waals surface area contributed by atoms with E-state index in [-0.39, 0.29) is 18.0 Å². The maximum Gasteiger partial charge on any atom is 0.306 e. The Balaban J connectivity index is 2.49. The van der Waals surface area contributed by atoms with Crippen molar-refractivity contribution in [3.05, 3.63) is 24.0 Å². The second kappa shape index (κ2) is 5.81. The monoisotopic (exact) mass is 294 g/mol. The molecule has 6 nitrogen and oxygen atoms in total. The first kappa shape index (κ1) is 15.4. The van der Waals surface area contributed by atoms with Crippen molar-refractivity contribution in [2.45, 2.75) is 12.8 Å². The van der Waals surface area contributed by atoms with Crippen LogP contribution in [0.5, 0.6) is 0 Å². The van der Waals surface area contributed by atoms with E-state index < -0.39 is 35.6 Å². The number of methoxy groups -OCH3 is 2. The topological polar surface area (TPSA) is 89.9 Å². The molecule has 0 aromatic rings. The number of hydrogen-bond acceptors (Lipinski definition) is 6. The Hall–Kier alpha value is -1.95. The molecule has 0 saturated heterocycles. The van der Waals surface area contributed by atoms with Gasteiger partial charge in [-0.1, -0.05) is 12.2 Å². The Morgan fingerprint density at radius 3 is 2.71 bits per heavy atom. The number of esters is 1. The van der Waals surface area contributed by atoms with Gasteiger partial charge in [0.05, 0.1) is 32.7 Å². The lowest BCUT2D eigenvalue weighted by atomic mass is 9.56. The van der Waals surface area contributed by atoms with Gasteiger partial charge in [0.2, 0.25) is 5.78 Å². The zero-order valence-electron chi connectivity index (χ0n) is 12.0. The van der Waals surface area contributed by atoms with Crippen LogP contribution in [-0.2, 0) is 23.9 Å². The van der Waals surface area contributed by atoms with Gasteiger partial charge in [-0.25, -0.2) is 0 Å². The van der Waals surface area contributed by atoms with Gasteiger partial charge in [-0.3, -0.25) is 14.4 Å². The highest BCUT2D eigenvalue weighted by Gasteiger charge is 2.57. The second-order valence-corrected chi connectivity index (χ2v) is 5.25. The summed E-state index contributed by atoms with van der Waals surface area (Å²) >= 11 is 0. The average molecular weight is 294 g/mol. The van der Waals surface area contributed by atoms with Gasteiger partial charge in [0.25, 0.3) is 0 Å². The molecular weight excluding hydrogens is 276 g/mol. The van der Waals surface area contributed by atoms with Crippen LogP contribution in [0.4, 0.5) is 0 Å². The van der Waals surface area contributed by atoms with Crippen LogP contribution in [0.15, 0.2) is 24.0 Å². The Morgan fingerprint density at radius 1 is 1.43 bits per heavy atom. The third kappa shape index (κ3) is 2.29. The highest BCUT2D eigenvalue weighted by molar-refractivity contribution is 6.12. The second-order valence-electron chi connectivity index (χ2n) is 5.25. The Kier molecular flexibility index (Phi) is 4.27.